The van der Waals surface area contributed by atoms with Gasteiger partial charge in [0.15, 0.2) is 0 Å². The molecule has 1 aliphatic heterocycles. The number of nitrogens with zero attached hydrogens (tertiary/aromatic N) is 5. The highest BCUT2D eigenvalue weighted by molar-refractivity contribution is 5.55. The van der Waals surface area contributed by atoms with E-state index in [9.17, 15) is 13.2 Å². The van der Waals surface area contributed by atoms with Crippen molar-refractivity contribution in [3.8, 4) is 11.4 Å². The number of rotatable bonds is 4. The molecule has 3 heterocycles. The Labute approximate surface area is 159 Å². The zero-order valence-electron chi connectivity index (χ0n) is 15.1. The van der Waals surface area contributed by atoms with E-state index in [0.717, 1.165) is 43.9 Å². The second kappa shape index (κ2) is 7.34. The number of aromatic nitrogens is 5. The monoisotopic (exact) mass is 392 g/mol. The van der Waals surface area contributed by atoms with E-state index in [2.05, 4.69) is 30.2 Å². The zero-order valence-corrected chi connectivity index (χ0v) is 15.1. The molecule has 2 aromatic heterocycles. The molecule has 1 N–H and O–H groups in total. The van der Waals surface area contributed by atoms with Crippen LogP contribution in [0.4, 0.5) is 13.2 Å². The fourth-order valence-electron chi connectivity index (χ4n) is 3.51. The van der Waals surface area contributed by atoms with E-state index in [1.165, 1.54) is 18.5 Å². The molecule has 0 aliphatic carbocycles. The number of alkyl halides is 3. The molecule has 4 rings (SSSR count). The number of H-pyrrole nitrogens is 1. The normalized spacial score (nSPS) is 19.6. The van der Waals surface area contributed by atoms with Gasteiger partial charge in [-0.05, 0) is 38.4 Å². The lowest BCUT2D eigenvalue weighted by atomic mass is 9.96. The Balaban J connectivity index is 1.51. The molecule has 7 nitrogen and oxygen atoms in total. The molecule has 2 atom stereocenters. The number of halogens is 3. The van der Waals surface area contributed by atoms with E-state index >= 15 is 0 Å². The highest BCUT2D eigenvalue weighted by Crippen LogP contribution is 2.33. The van der Waals surface area contributed by atoms with Crippen LogP contribution in [0, 0.1) is 0 Å². The molecule has 0 bridgehead atoms. The molecule has 3 aromatic rings. The van der Waals surface area contributed by atoms with E-state index < -0.39 is 11.7 Å². The highest BCUT2D eigenvalue weighted by atomic mass is 19.4. The molecule has 10 heteroatoms. The van der Waals surface area contributed by atoms with Crippen LogP contribution in [-0.2, 0) is 6.18 Å². The SMILES string of the molecule is C[C@H](c1nc(-c2cccc(C(F)(F)F)c2)no1)N1CCC[C@H](c2ncn[nH]2)C1. The summed E-state index contributed by atoms with van der Waals surface area (Å²) in [7, 11) is 0. The van der Waals surface area contributed by atoms with Crippen molar-refractivity contribution in [1.82, 2.24) is 30.2 Å². The Kier molecular flexibility index (Phi) is 4.88. The van der Waals surface area contributed by atoms with E-state index in [0.29, 0.717) is 5.89 Å². The Morgan fingerprint density at radius 1 is 1.32 bits per heavy atom. The summed E-state index contributed by atoms with van der Waals surface area (Å²) in [6.07, 6.45) is -0.918. The fraction of sp³-hybridized carbons (Fsp3) is 0.444. The predicted molar refractivity (Wildman–Crippen MR) is 93.1 cm³/mol. The van der Waals surface area contributed by atoms with Crippen LogP contribution >= 0.6 is 0 Å². The molecular formula is C18H19F3N6O. The van der Waals surface area contributed by atoms with Crippen LogP contribution in [0.1, 0.15) is 49.0 Å². The van der Waals surface area contributed by atoms with Crippen LogP contribution in [0.3, 0.4) is 0 Å². The minimum absolute atomic E-state index is 0.150. The number of likely N-dealkylation sites (tertiary alicyclic amines) is 1. The molecule has 1 fully saturated rings. The topological polar surface area (TPSA) is 83.7 Å². The first kappa shape index (κ1) is 18.6. The van der Waals surface area contributed by atoms with Crippen molar-refractivity contribution < 1.29 is 17.7 Å². The summed E-state index contributed by atoms with van der Waals surface area (Å²) in [5, 5.41) is 10.7. The Morgan fingerprint density at radius 3 is 2.93 bits per heavy atom. The predicted octanol–water partition coefficient (Wildman–Crippen LogP) is 3.81. The summed E-state index contributed by atoms with van der Waals surface area (Å²) in [5.41, 5.74) is -0.467. The van der Waals surface area contributed by atoms with Crippen molar-refractivity contribution in [2.24, 2.45) is 0 Å². The first-order valence-corrected chi connectivity index (χ1v) is 9.02. The van der Waals surface area contributed by atoms with Crippen molar-refractivity contribution >= 4 is 0 Å². The Morgan fingerprint density at radius 2 is 2.18 bits per heavy atom. The number of hydrogen-bond donors (Lipinski definition) is 1. The molecule has 1 saturated heterocycles. The minimum atomic E-state index is -4.42. The van der Waals surface area contributed by atoms with Gasteiger partial charge in [-0.3, -0.25) is 10.00 Å². The number of aromatic amines is 1. The van der Waals surface area contributed by atoms with E-state index in [4.69, 9.17) is 4.52 Å². The lowest BCUT2D eigenvalue weighted by Crippen LogP contribution is -2.36. The number of hydrogen-bond acceptors (Lipinski definition) is 6. The third-order valence-electron chi connectivity index (χ3n) is 5.07. The molecule has 1 aliphatic rings. The zero-order chi connectivity index (χ0) is 19.7. The van der Waals surface area contributed by atoms with Crippen LogP contribution in [0.15, 0.2) is 35.1 Å². The standard InChI is InChI=1S/C18H19F3N6O/c1-11(27-7-3-5-13(9-27)15-22-10-23-25-15)17-24-16(26-28-17)12-4-2-6-14(8-12)18(19,20)21/h2,4,6,8,10-11,13H,3,5,7,9H2,1H3,(H,22,23,25)/t11-,13+/m1/s1. The number of piperidine rings is 1. The van der Waals surface area contributed by atoms with Crippen molar-refractivity contribution in [3.63, 3.8) is 0 Å². The molecule has 0 saturated carbocycles. The molecule has 0 amide bonds. The second-order valence-electron chi connectivity index (χ2n) is 6.92. The third kappa shape index (κ3) is 3.77. The number of benzene rings is 1. The van der Waals surface area contributed by atoms with E-state index in [-0.39, 0.29) is 23.3 Å². The van der Waals surface area contributed by atoms with Gasteiger partial charge in [0.25, 0.3) is 0 Å². The van der Waals surface area contributed by atoms with Gasteiger partial charge in [-0.2, -0.15) is 23.3 Å². The quantitative estimate of drug-likeness (QED) is 0.727. The fourth-order valence-corrected chi connectivity index (χ4v) is 3.51. The van der Waals surface area contributed by atoms with E-state index in [1.54, 1.807) is 0 Å². The number of nitrogens with one attached hydrogen (secondary N) is 1. The van der Waals surface area contributed by atoms with Crippen LogP contribution in [0.5, 0.6) is 0 Å². The van der Waals surface area contributed by atoms with Gasteiger partial charge in [0.2, 0.25) is 11.7 Å². The highest BCUT2D eigenvalue weighted by Gasteiger charge is 2.32. The maximum atomic E-state index is 12.9. The average Bonchev–Trinajstić information content (AvgIpc) is 3.39. The molecule has 148 valence electrons. The van der Waals surface area contributed by atoms with Crippen molar-refractivity contribution in [2.45, 2.75) is 37.9 Å². The van der Waals surface area contributed by atoms with Crippen LogP contribution in [-0.4, -0.2) is 43.3 Å². The lowest BCUT2D eigenvalue weighted by molar-refractivity contribution is -0.137. The van der Waals surface area contributed by atoms with Crippen molar-refractivity contribution in [3.05, 3.63) is 47.9 Å². The molecule has 28 heavy (non-hydrogen) atoms. The maximum absolute atomic E-state index is 12.9. The van der Waals surface area contributed by atoms with Gasteiger partial charge in [-0.15, -0.1) is 0 Å². The first-order valence-electron chi connectivity index (χ1n) is 9.02. The second-order valence-corrected chi connectivity index (χ2v) is 6.92. The van der Waals surface area contributed by atoms with Gasteiger partial charge < -0.3 is 4.52 Å². The van der Waals surface area contributed by atoms with Crippen molar-refractivity contribution in [1.29, 1.82) is 0 Å². The smallest absolute Gasteiger partial charge is 0.337 e. The van der Waals surface area contributed by atoms with Gasteiger partial charge in [0.05, 0.1) is 11.6 Å². The van der Waals surface area contributed by atoms with Gasteiger partial charge in [-0.1, -0.05) is 17.3 Å². The summed E-state index contributed by atoms with van der Waals surface area (Å²) in [6, 6.07) is 4.77. The molecule has 1 aromatic carbocycles. The van der Waals surface area contributed by atoms with Gasteiger partial charge in [0.1, 0.15) is 12.2 Å². The first-order chi connectivity index (χ1) is 13.4. The summed E-state index contributed by atoms with van der Waals surface area (Å²) in [4.78, 5) is 10.8. The molecular weight excluding hydrogens is 373 g/mol. The molecule has 0 radical (unpaired) electrons. The lowest BCUT2D eigenvalue weighted by Gasteiger charge is -2.34. The van der Waals surface area contributed by atoms with Crippen LogP contribution in [0.25, 0.3) is 11.4 Å². The van der Waals surface area contributed by atoms with E-state index in [1.807, 2.05) is 6.92 Å². The van der Waals surface area contributed by atoms with Gasteiger partial charge in [-0.25, -0.2) is 4.98 Å². The summed E-state index contributed by atoms with van der Waals surface area (Å²) < 4.78 is 44.2. The summed E-state index contributed by atoms with van der Waals surface area (Å²) in [6.45, 7) is 3.58. The third-order valence-corrected chi connectivity index (χ3v) is 5.07. The average molecular weight is 392 g/mol. The summed E-state index contributed by atoms with van der Waals surface area (Å²) in [5.74, 6) is 1.62. The maximum Gasteiger partial charge on any atom is 0.416 e. The summed E-state index contributed by atoms with van der Waals surface area (Å²) >= 11 is 0. The largest absolute Gasteiger partial charge is 0.416 e. The van der Waals surface area contributed by atoms with Crippen molar-refractivity contribution in [2.75, 3.05) is 13.1 Å². The molecule has 0 spiro atoms. The Bertz CT molecular complexity index is 924. The van der Waals surface area contributed by atoms with Gasteiger partial charge >= 0.3 is 6.18 Å². The Hall–Kier alpha value is -2.75. The van der Waals surface area contributed by atoms with Crippen LogP contribution in [0.2, 0.25) is 0 Å². The van der Waals surface area contributed by atoms with Crippen LogP contribution < -0.4 is 0 Å². The van der Waals surface area contributed by atoms with Gasteiger partial charge in [0, 0.05) is 18.0 Å². The minimum Gasteiger partial charge on any atom is -0.337 e. The molecule has 0 unspecified atom stereocenters.